The van der Waals surface area contributed by atoms with E-state index in [4.69, 9.17) is 14.7 Å². The highest BCUT2D eigenvalue weighted by Gasteiger charge is 2.30. The van der Waals surface area contributed by atoms with Gasteiger partial charge in [0.1, 0.15) is 5.75 Å². The van der Waals surface area contributed by atoms with Crippen LogP contribution in [0, 0.1) is 11.3 Å². The Labute approximate surface area is 176 Å². The molecule has 3 rings (SSSR count). The Morgan fingerprint density at radius 2 is 1.93 bits per heavy atom. The molecular formula is C21H23N3O5S. The third-order valence-electron chi connectivity index (χ3n) is 4.51. The van der Waals surface area contributed by atoms with Crippen molar-refractivity contribution in [2.24, 2.45) is 0 Å². The number of amides is 1. The van der Waals surface area contributed by atoms with Crippen LogP contribution in [-0.2, 0) is 14.8 Å². The summed E-state index contributed by atoms with van der Waals surface area (Å²) in [7, 11) is -3.81. The molecule has 2 aromatic rings. The predicted molar refractivity (Wildman–Crippen MR) is 111 cm³/mol. The van der Waals surface area contributed by atoms with Crippen LogP contribution in [0.2, 0.25) is 0 Å². The van der Waals surface area contributed by atoms with E-state index in [0.717, 1.165) is 0 Å². The van der Waals surface area contributed by atoms with Crippen molar-refractivity contribution in [3.05, 3.63) is 54.1 Å². The van der Waals surface area contributed by atoms with Gasteiger partial charge in [-0.3, -0.25) is 4.79 Å². The molecule has 1 amide bonds. The minimum absolute atomic E-state index is 0.0340. The van der Waals surface area contributed by atoms with Crippen molar-refractivity contribution >= 4 is 21.6 Å². The number of sulfonamides is 1. The van der Waals surface area contributed by atoms with E-state index in [9.17, 15) is 13.2 Å². The highest BCUT2D eigenvalue weighted by Crippen LogP contribution is 2.23. The second kappa shape index (κ2) is 10.2. The van der Waals surface area contributed by atoms with Crippen LogP contribution < -0.4 is 10.1 Å². The van der Waals surface area contributed by atoms with Crippen molar-refractivity contribution < 1.29 is 22.7 Å². The molecule has 0 radical (unpaired) electrons. The van der Waals surface area contributed by atoms with Crippen LogP contribution in [0.25, 0.3) is 0 Å². The number of unbranched alkanes of at least 4 members (excludes halogenated alkanes) is 1. The third kappa shape index (κ3) is 5.36. The number of nitrogens with zero attached hydrogens (tertiary/aromatic N) is 2. The highest BCUT2D eigenvalue weighted by molar-refractivity contribution is 7.89. The summed E-state index contributed by atoms with van der Waals surface area (Å²) in [6, 6.07) is 15.0. The van der Waals surface area contributed by atoms with Crippen molar-refractivity contribution in [3.63, 3.8) is 0 Å². The molecule has 1 aliphatic rings. The predicted octanol–water partition coefficient (Wildman–Crippen LogP) is 2.64. The molecule has 1 N–H and O–H groups in total. The average molecular weight is 429 g/mol. The van der Waals surface area contributed by atoms with E-state index in [1.54, 1.807) is 36.4 Å². The number of morpholine rings is 1. The molecule has 0 saturated carbocycles. The zero-order chi connectivity index (χ0) is 21.4. The number of hydrogen-bond donors (Lipinski definition) is 1. The summed E-state index contributed by atoms with van der Waals surface area (Å²) < 4.78 is 38.2. The molecule has 2 aromatic carbocycles. The Hall–Kier alpha value is -2.93. The first-order chi connectivity index (χ1) is 14.5. The number of nitrogens with one attached hydrogen (secondary N) is 1. The zero-order valence-corrected chi connectivity index (χ0v) is 17.2. The molecule has 8 nitrogen and oxygen atoms in total. The van der Waals surface area contributed by atoms with Crippen molar-refractivity contribution in [1.82, 2.24) is 4.31 Å². The number of ether oxygens (including phenoxy) is 2. The molecule has 1 aliphatic heterocycles. The third-order valence-corrected chi connectivity index (χ3v) is 6.47. The Bertz CT molecular complexity index is 1030. The quantitative estimate of drug-likeness (QED) is 0.646. The topological polar surface area (TPSA) is 109 Å². The van der Waals surface area contributed by atoms with Crippen LogP contribution in [-0.4, -0.2) is 51.5 Å². The van der Waals surface area contributed by atoms with Crippen molar-refractivity contribution in [3.8, 4) is 11.8 Å². The minimum Gasteiger partial charge on any atom is -0.493 e. The van der Waals surface area contributed by atoms with Crippen LogP contribution in [0.1, 0.15) is 23.2 Å². The number of anilines is 1. The Kier molecular flexibility index (Phi) is 7.41. The SMILES string of the molecule is N#CCCCOc1cccc(NC(=O)c2ccccc2S(=O)(=O)N2CCOCC2)c1. The second-order valence-corrected chi connectivity index (χ2v) is 8.51. The molecule has 1 fully saturated rings. The second-order valence-electron chi connectivity index (χ2n) is 6.60. The number of rotatable bonds is 8. The van der Waals surface area contributed by atoms with Gasteiger partial charge in [-0.15, -0.1) is 0 Å². The molecule has 1 saturated heterocycles. The fraction of sp³-hybridized carbons (Fsp3) is 0.333. The highest BCUT2D eigenvalue weighted by atomic mass is 32.2. The first-order valence-corrected chi connectivity index (χ1v) is 11.0. The summed E-state index contributed by atoms with van der Waals surface area (Å²) in [5.74, 6) is 0.0315. The van der Waals surface area contributed by atoms with Crippen LogP contribution in [0.5, 0.6) is 5.75 Å². The van der Waals surface area contributed by atoms with Gasteiger partial charge in [0.2, 0.25) is 10.0 Å². The maximum Gasteiger partial charge on any atom is 0.257 e. The molecule has 0 bridgehead atoms. The molecule has 1 heterocycles. The minimum atomic E-state index is -3.81. The monoisotopic (exact) mass is 429 g/mol. The molecule has 0 atom stereocenters. The average Bonchev–Trinajstić information content (AvgIpc) is 2.77. The fourth-order valence-corrected chi connectivity index (χ4v) is 4.61. The lowest BCUT2D eigenvalue weighted by molar-refractivity contribution is 0.0730. The van der Waals surface area contributed by atoms with E-state index in [2.05, 4.69) is 11.4 Å². The Morgan fingerprint density at radius 1 is 1.17 bits per heavy atom. The lowest BCUT2D eigenvalue weighted by Gasteiger charge is -2.26. The van der Waals surface area contributed by atoms with Gasteiger partial charge in [-0.05, 0) is 30.7 Å². The van der Waals surface area contributed by atoms with E-state index in [0.29, 0.717) is 44.1 Å². The summed E-state index contributed by atoms with van der Waals surface area (Å²) >= 11 is 0. The number of hydrogen-bond acceptors (Lipinski definition) is 6. The number of nitriles is 1. The lowest BCUT2D eigenvalue weighted by atomic mass is 10.2. The van der Waals surface area contributed by atoms with Crippen LogP contribution in [0.4, 0.5) is 5.69 Å². The zero-order valence-electron chi connectivity index (χ0n) is 16.4. The molecule has 158 valence electrons. The molecule has 0 unspecified atom stereocenters. The van der Waals surface area contributed by atoms with Gasteiger partial charge in [-0.25, -0.2) is 8.42 Å². The summed E-state index contributed by atoms with van der Waals surface area (Å²) in [4.78, 5) is 12.8. The molecule has 0 aromatic heterocycles. The van der Waals surface area contributed by atoms with Gasteiger partial charge in [0.25, 0.3) is 5.91 Å². The van der Waals surface area contributed by atoms with Crippen LogP contribution in [0.15, 0.2) is 53.4 Å². The lowest BCUT2D eigenvalue weighted by Crippen LogP contribution is -2.41. The van der Waals surface area contributed by atoms with E-state index in [-0.39, 0.29) is 23.5 Å². The van der Waals surface area contributed by atoms with Crippen LogP contribution >= 0.6 is 0 Å². The molecule has 0 aliphatic carbocycles. The smallest absolute Gasteiger partial charge is 0.257 e. The van der Waals surface area contributed by atoms with Gasteiger partial charge in [-0.2, -0.15) is 9.57 Å². The van der Waals surface area contributed by atoms with Gasteiger partial charge < -0.3 is 14.8 Å². The van der Waals surface area contributed by atoms with E-state index >= 15 is 0 Å². The maximum atomic E-state index is 13.0. The van der Waals surface area contributed by atoms with Gasteiger partial charge in [0.15, 0.2) is 0 Å². The molecule has 0 spiro atoms. The summed E-state index contributed by atoms with van der Waals surface area (Å²) in [6.07, 6.45) is 1.02. The summed E-state index contributed by atoms with van der Waals surface area (Å²) in [5.41, 5.74) is 0.556. The normalized spacial score (nSPS) is 14.6. The fourth-order valence-electron chi connectivity index (χ4n) is 3.01. The van der Waals surface area contributed by atoms with Gasteiger partial charge in [-0.1, -0.05) is 18.2 Å². The van der Waals surface area contributed by atoms with Gasteiger partial charge in [0.05, 0.1) is 36.3 Å². The van der Waals surface area contributed by atoms with Crippen molar-refractivity contribution in [1.29, 1.82) is 5.26 Å². The van der Waals surface area contributed by atoms with Crippen molar-refractivity contribution in [2.45, 2.75) is 17.7 Å². The molecule has 9 heteroatoms. The van der Waals surface area contributed by atoms with Crippen LogP contribution in [0.3, 0.4) is 0 Å². The largest absolute Gasteiger partial charge is 0.493 e. The van der Waals surface area contributed by atoms with E-state index < -0.39 is 15.9 Å². The van der Waals surface area contributed by atoms with Gasteiger partial charge >= 0.3 is 0 Å². The number of carbonyl (C=O) groups excluding carboxylic acids is 1. The Balaban J connectivity index is 1.76. The number of benzene rings is 2. The van der Waals surface area contributed by atoms with E-state index in [1.165, 1.54) is 16.4 Å². The number of carbonyl (C=O) groups is 1. The van der Waals surface area contributed by atoms with Gasteiger partial charge in [0, 0.05) is 31.3 Å². The maximum absolute atomic E-state index is 13.0. The van der Waals surface area contributed by atoms with E-state index in [1.807, 2.05) is 0 Å². The summed E-state index contributed by atoms with van der Waals surface area (Å²) in [6.45, 7) is 1.56. The first kappa shape index (κ1) is 21.8. The van der Waals surface area contributed by atoms with Crippen molar-refractivity contribution in [2.75, 3.05) is 38.2 Å². The molecule has 30 heavy (non-hydrogen) atoms. The summed E-state index contributed by atoms with van der Waals surface area (Å²) in [5, 5.41) is 11.3. The first-order valence-electron chi connectivity index (χ1n) is 9.60. The Morgan fingerprint density at radius 3 is 2.70 bits per heavy atom. The standard InChI is InChI=1S/C21H23N3O5S/c22-10-3-4-13-29-18-7-5-6-17(16-18)23-21(25)19-8-1-2-9-20(19)30(26,27)24-11-14-28-15-12-24/h1-2,5-9,16H,3-4,11-15H2,(H,23,25). The molecular weight excluding hydrogens is 406 g/mol.